The molecule has 0 aromatic heterocycles. The van der Waals surface area contributed by atoms with E-state index in [1.54, 1.807) is 0 Å². The highest BCUT2D eigenvalue weighted by molar-refractivity contribution is 9.10. The topological polar surface area (TPSA) is 12.0 Å². The molecule has 0 spiro atoms. The average Bonchev–Trinajstić information content (AvgIpc) is 2.41. The van der Waals surface area contributed by atoms with Gasteiger partial charge in [-0.25, -0.2) is 4.39 Å². The van der Waals surface area contributed by atoms with E-state index in [9.17, 15) is 4.39 Å². The lowest BCUT2D eigenvalue weighted by Crippen LogP contribution is -2.23. The predicted molar refractivity (Wildman–Crippen MR) is 88.4 cm³/mol. The van der Waals surface area contributed by atoms with Crippen LogP contribution in [0.5, 0.6) is 0 Å². The normalized spacial score (nSPS) is 12.4. The zero-order chi connectivity index (χ0) is 14.5. The summed E-state index contributed by atoms with van der Waals surface area (Å²) >= 11 is 7.04. The van der Waals surface area contributed by atoms with Crippen LogP contribution < -0.4 is 5.32 Å². The highest BCUT2D eigenvalue weighted by atomic mass is 79.9. The molecule has 0 saturated carbocycles. The summed E-state index contributed by atoms with van der Waals surface area (Å²) in [7, 11) is 0. The molecule has 0 heterocycles. The van der Waals surface area contributed by atoms with Gasteiger partial charge >= 0.3 is 0 Å². The number of likely N-dealkylation sites (N-methyl/N-ethyl adjacent to an activating group) is 1. The van der Waals surface area contributed by atoms with Crippen LogP contribution in [-0.4, -0.2) is 6.54 Å². The van der Waals surface area contributed by atoms with Crippen LogP contribution in [-0.2, 0) is 6.42 Å². The molecule has 0 saturated heterocycles. The summed E-state index contributed by atoms with van der Waals surface area (Å²) in [5.41, 5.74) is 2.30. The minimum Gasteiger partial charge on any atom is -0.310 e. The fraction of sp³-hybridized carbons (Fsp3) is 0.250. The van der Waals surface area contributed by atoms with Gasteiger partial charge in [-0.05, 0) is 42.3 Å². The summed E-state index contributed by atoms with van der Waals surface area (Å²) < 4.78 is 15.1. The van der Waals surface area contributed by atoms with Crippen LogP contribution in [0.3, 0.4) is 0 Å². The first kappa shape index (κ1) is 15.7. The van der Waals surface area contributed by atoms with Gasteiger partial charge in [0.05, 0.1) is 0 Å². The van der Waals surface area contributed by atoms with E-state index in [0.29, 0.717) is 0 Å². The second-order valence-electron chi connectivity index (χ2n) is 4.57. The van der Waals surface area contributed by atoms with Crippen molar-refractivity contribution in [3.63, 3.8) is 0 Å². The van der Waals surface area contributed by atoms with Gasteiger partial charge in [0.25, 0.3) is 0 Å². The third kappa shape index (κ3) is 3.90. The number of hydrogen-bond donors (Lipinski definition) is 1. The molecule has 0 fully saturated rings. The number of hydrogen-bond acceptors (Lipinski definition) is 1. The Kier molecular flexibility index (Phi) is 5.75. The molecule has 4 heteroatoms. The summed E-state index contributed by atoms with van der Waals surface area (Å²) in [5.74, 6) is -0.225. The van der Waals surface area contributed by atoms with Crippen LogP contribution in [0.25, 0.3) is 0 Å². The maximum atomic E-state index is 13.2. The molecule has 1 atom stereocenters. The molecular formula is C16H16Br2FN. The molecule has 106 valence electrons. The van der Waals surface area contributed by atoms with Crippen molar-refractivity contribution in [3.8, 4) is 0 Å². The minimum absolute atomic E-state index is 0.147. The molecule has 0 amide bonds. The Morgan fingerprint density at radius 3 is 2.50 bits per heavy atom. The molecule has 2 aromatic rings. The van der Waals surface area contributed by atoms with Crippen LogP contribution >= 0.6 is 31.9 Å². The van der Waals surface area contributed by atoms with E-state index in [4.69, 9.17) is 0 Å². The van der Waals surface area contributed by atoms with Crippen molar-refractivity contribution in [2.75, 3.05) is 6.54 Å². The Morgan fingerprint density at radius 1 is 1.10 bits per heavy atom. The van der Waals surface area contributed by atoms with Crippen LogP contribution in [0.1, 0.15) is 24.1 Å². The van der Waals surface area contributed by atoms with E-state index in [-0.39, 0.29) is 11.9 Å². The zero-order valence-electron chi connectivity index (χ0n) is 11.2. The van der Waals surface area contributed by atoms with Crippen molar-refractivity contribution < 1.29 is 4.39 Å². The van der Waals surface area contributed by atoms with Crippen LogP contribution in [0.15, 0.2) is 51.4 Å². The summed E-state index contributed by atoms with van der Waals surface area (Å²) in [6.07, 6.45) is 0.847. The van der Waals surface area contributed by atoms with Gasteiger partial charge < -0.3 is 5.32 Å². The van der Waals surface area contributed by atoms with Gasteiger partial charge in [-0.1, -0.05) is 63.0 Å². The summed E-state index contributed by atoms with van der Waals surface area (Å²) in [5, 5.41) is 3.46. The van der Waals surface area contributed by atoms with Crippen molar-refractivity contribution in [1.82, 2.24) is 5.32 Å². The lowest BCUT2D eigenvalue weighted by atomic mass is 9.99. The molecule has 0 aliphatic rings. The van der Waals surface area contributed by atoms with E-state index in [0.717, 1.165) is 27.5 Å². The lowest BCUT2D eigenvalue weighted by molar-refractivity contribution is 0.544. The van der Waals surface area contributed by atoms with Gasteiger partial charge in [0, 0.05) is 15.0 Å². The van der Waals surface area contributed by atoms with Crippen molar-refractivity contribution >= 4 is 31.9 Å². The molecule has 1 unspecified atom stereocenters. The van der Waals surface area contributed by atoms with Gasteiger partial charge in [-0.3, -0.25) is 0 Å². The number of rotatable bonds is 5. The first-order chi connectivity index (χ1) is 9.61. The molecule has 1 N–H and O–H groups in total. The zero-order valence-corrected chi connectivity index (χ0v) is 14.3. The Balaban J connectivity index is 2.29. The maximum Gasteiger partial charge on any atom is 0.124 e. The molecule has 0 aliphatic carbocycles. The second kappa shape index (κ2) is 7.34. The van der Waals surface area contributed by atoms with Gasteiger partial charge in [-0.2, -0.15) is 0 Å². The maximum absolute atomic E-state index is 13.2. The van der Waals surface area contributed by atoms with E-state index >= 15 is 0 Å². The van der Waals surface area contributed by atoms with Gasteiger partial charge in [0.1, 0.15) is 5.82 Å². The predicted octanol–water partition coefficient (Wildman–Crippen LogP) is 5.24. The summed E-state index contributed by atoms with van der Waals surface area (Å²) in [4.78, 5) is 0. The minimum atomic E-state index is -0.225. The van der Waals surface area contributed by atoms with E-state index in [2.05, 4.69) is 50.2 Å². The number of nitrogens with one attached hydrogen (secondary N) is 1. The SMILES string of the molecule is CCNC(Cc1ccccc1Br)c1ccc(F)cc1Br. The standard InChI is InChI=1S/C16H16Br2FN/c1-2-20-16(9-11-5-3-4-6-14(11)17)13-8-7-12(19)10-15(13)18/h3-8,10,16,20H,2,9H2,1H3. The van der Waals surface area contributed by atoms with Crippen molar-refractivity contribution in [2.45, 2.75) is 19.4 Å². The molecule has 1 nitrogen and oxygen atoms in total. The third-order valence-corrected chi connectivity index (χ3v) is 4.63. The third-order valence-electron chi connectivity index (χ3n) is 3.17. The molecule has 2 aromatic carbocycles. The quantitative estimate of drug-likeness (QED) is 0.723. The highest BCUT2D eigenvalue weighted by Crippen LogP contribution is 2.29. The van der Waals surface area contributed by atoms with Crippen molar-refractivity contribution in [1.29, 1.82) is 0 Å². The van der Waals surface area contributed by atoms with Gasteiger partial charge in [0.15, 0.2) is 0 Å². The fourth-order valence-corrected chi connectivity index (χ4v) is 3.28. The smallest absolute Gasteiger partial charge is 0.124 e. The van der Waals surface area contributed by atoms with E-state index in [1.165, 1.54) is 17.7 Å². The molecule has 20 heavy (non-hydrogen) atoms. The van der Waals surface area contributed by atoms with Crippen molar-refractivity contribution in [2.24, 2.45) is 0 Å². The van der Waals surface area contributed by atoms with E-state index in [1.807, 2.05) is 24.3 Å². The Bertz CT molecular complexity index is 586. The van der Waals surface area contributed by atoms with Gasteiger partial charge in [-0.15, -0.1) is 0 Å². The van der Waals surface area contributed by atoms with Crippen LogP contribution in [0.4, 0.5) is 4.39 Å². The van der Waals surface area contributed by atoms with Gasteiger partial charge in [0.2, 0.25) is 0 Å². The first-order valence-corrected chi connectivity index (χ1v) is 8.12. The summed E-state index contributed by atoms with van der Waals surface area (Å²) in [6.45, 7) is 2.93. The first-order valence-electron chi connectivity index (χ1n) is 6.53. The Hall–Kier alpha value is -0.710. The van der Waals surface area contributed by atoms with E-state index < -0.39 is 0 Å². The monoisotopic (exact) mass is 399 g/mol. The Labute approximate surface area is 135 Å². The largest absolute Gasteiger partial charge is 0.310 e. The highest BCUT2D eigenvalue weighted by Gasteiger charge is 2.15. The molecule has 2 rings (SSSR count). The Morgan fingerprint density at radius 2 is 1.85 bits per heavy atom. The summed E-state index contributed by atoms with van der Waals surface area (Å²) in [6, 6.07) is 13.2. The molecule has 0 bridgehead atoms. The molecular weight excluding hydrogens is 385 g/mol. The van der Waals surface area contributed by atoms with Crippen molar-refractivity contribution in [3.05, 3.63) is 68.4 Å². The molecule has 0 aliphatic heterocycles. The molecule has 0 radical (unpaired) electrons. The fourth-order valence-electron chi connectivity index (χ4n) is 2.21. The number of halogens is 3. The van der Waals surface area contributed by atoms with Crippen LogP contribution in [0.2, 0.25) is 0 Å². The number of benzene rings is 2. The second-order valence-corrected chi connectivity index (χ2v) is 6.28. The lowest BCUT2D eigenvalue weighted by Gasteiger charge is -2.20. The van der Waals surface area contributed by atoms with Crippen LogP contribution in [0, 0.1) is 5.82 Å². The average molecular weight is 401 g/mol.